The van der Waals surface area contributed by atoms with Crippen molar-refractivity contribution in [2.75, 3.05) is 0 Å². The minimum atomic E-state index is 0.767. The van der Waals surface area contributed by atoms with Gasteiger partial charge in [0.1, 0.15) is 0 Å². The van der Waals surface area contributed by atoms with Crippen molar-refractivity contribution in [3.05, 3.63) is 22.8 Å². The van der Waals surface area contributed by atoms with Crippen LogP contribution in [0, 0.1) is 5.92 Å². The summed E-state index contributed by atoms with van der Waals surface area (Å²) >= 11 is 0. The Kier molecular flexibility index (Phi) is 4.96. The van der Waals surface area contributed by atoms with Gasteiger partial charge in [-0.15, -0.1) is 0 Å². The van der Waals surface area contributed by atoms with Crippen molar-refractivity contribution in [3.8, 4) is 0 Å². The van der Waals surface area contributed by atoms with Gasteiger partial charge in [0.05, 0.1) is 0 Å². The van der Waals surface area contributed by atoms with E-state index in [0.29, 0.717) is 0 Å². The minimum Gasteiger partial charge on any atom is -0.0808 e. The van der Waals surface area contributed by atoms with Crippen molar-refractivity contribution in [3.63, 3.8) is 0 Å². The van der Waals surface area contributed by atoms with Gasteiger partial charge in [-0.3, -0.25) is 0 Å². The molecule has 0 radical (unpaired) electrons. The highest BCUT2D eigenvalue weighted by Gasteiger charge is 2.11. The second kappa shape index (κ2) is 5.18. The van der Waals surface area contributed by atoms with Crippen LogP contribution in [0.5, 0.6) is 0 Å². The maximum absolute atomic E-state index is 2.34. The van der Waals surface area contributed by atoms with E-state index >= 15 is 0 Å². The lowest BCUT2D eigenvalue weighted by atomic mass is 9.86. The topological polar surface area (TPSA) is 0 Å². The standard InChI is InChI=1S/C10H16.C2H6/c1-7-5-6-8(2)10(4)9(7)3;1-2/h5,8H,6H2,1-4H3;1-2H3. The Labute approximate surface area is 77.4 Å². The van der Waals surface area contributed by atoms with Crippen molar-refractivity contribution in [1.29, 1.82) is 0 Å². The van der Waals surface area contributed by atoms with E-state index in [4.69, 9.17) is 0 Å². The Hall–Kier alpha value is -0.520. The fourth-order valence-electron chi connectivity index (χ4n) is 1.36. The fourth-order valence-corrected chi connectivity index (χ4v) is 1.36. The van der Waals surface area contributed by atoms with Crippen LogP contribution in [0.4, 0.5) is 0 Å². The monoisotopic (exact) mass is 166 g/mol. The number of hydrogen-bond acceptors (Lipinski definition) is 0. The third kappa shape index (κ3) is 2.51. The molecule has 0 heterocycles. The van der Waals surface area contributed by atoms with E-state index < -0.39 is 0 Å². The number of allylic oxidation sites excluding steroid dienone is 4. The first kappa shape index (κ1) is 11.5. The van der Waals surface area contributed by atoms with E-state index in [9.17, 15) is 0 Å². The lowest BCUT2D eigenvalue weighted by Crippen LogP contribution is -2.03. The summed E-state index contributed by atoms with van der Waals surface area (Å²) in [7, 11) is 0. The number of hydrogen-bond donors (Lipinski definition) is 0. The Bertz CT molecular complexity index is 194. The molecule has 12 heavy (non-hydrogen) atoms. The highest BCUT2D eigenvalue weighted by molar-refractivity contribution is 5.35. The molecule has 0 aromatic carbocycles. The normalized spacial score (nSPS) is 22.8. The van der Waals surface area contributed by atoms with E-state index in [1.807, 2.05) is 13.8 Å². The van der Waals surface area contributed by atoms with Crippen LogP contribution >= 0.6 is 0 Å². The molecule has 1 unspecified atom stereocenters. The molecular weight excluding hydrogens is 144 g/mol. The van der Waals surface area contributed by atoms with Gasteiger partial charge in [0.25, 0.3) is 0 Å². The second-order valence-electron chi connectivity index (χ2n) is 3.33. The van der Waals surface area contributed by atoms with Crippen molar-refractivity contribution in [2.24, 2.45) is 5.92 Å². The Morgan fingerprint density at radius 2 is 1.67 bits per heavy atom. The van der Waals surface area contributed by atoms with Crippen LogP contribution < -0.4 is 0 Å². The maximum Gasteiger partial charge on any atom is -0.0194 e. The summed E-state index contributed by atoms with van der Waals surface area (Å²) < 4.78 is 0. The first-order chi connectivity index (χ1) is 5.63. The zero-order valence-electron chi connectivity index (χ0n) is 9.36. The van der Waals surface area contributed by atoms with Crippen molar-refractivity contribution in [1.82, 2.24) is 0 Å². The molecule has 0 spiro atoms. The van der Waals surface area contributed by atoms with Crippen molar-refractivity contribution in [2.45, 2.75) is 48.0 Å². The molecular formula is C12H22. The van der Waals surface area contributed by atoms with Crippen LogP contribution in [0.15, 0.2) is 22.8 Å². The quantitative estimate of drug-likeness (QED) is 0.502. The maximum atomic E-state index is 2.34. The largest absolute Gasteiger partial charge is 0.0808 e. The lowest BCUT2D eigenvalue weighted by molar-refractivity contribution is 0.671. The summed E-state index contributed by atoms with van der Waals surface area (Å²) in [6, 6.07) is 0. The van der Waals surface area contributed by atoms with Crippen LogP contribution in [0.3, 0.4) is 0 Å². The molecule has 0 aromatic rings. The van der Waals surface area contributed by atoms with Gasteiger partial charge >= 0.3 is 0 Å². The smallest absolute Gasteiger partial charge is 0.0194 e. The summed E-state index contributed by atoms with van der Waals surface area (Å²) in [5, 5.41) is 0. The first-order valence-corrected chi connectivity index (χ1v) is 4.97. The highest BCUT2D eigenvalue weighted by Crippen LogP contribution is 2.28. The van der Waals surface area contributed by atoms with Gasteiger partial charge in [-0.25, -0.2) is 0 Å². The Morgan fingerprint density at radius 3 is 2.08 bits per heavy atom. The van der Waals surface area contributed by atoms with E-state index in [0.717, 1.165) is 5.92 Å². The summed E-state index contributed by atoms with van der Waals surface area (Å²) in [4.78, 5) is 0. The third-order valence-electron chi connectivity index (χ3n) is 2.70. The van der Waals surface area contributed by atoms with Crippen LogP contribution in [0.25, 0.3) is 0 Å². The predicted octanol–water partition coefficient (Wildman–Crippen LogP) is 4.34. The van der Waals surface area contributed by atoms with Crippen LogP contribution in [0.2, 0.25) is 0 Å². The highest BCUT2D eigenvalue weighted by atomic mass is 14.2. The van der Waals surface area contributed by atoms with Gasteiger partial charge in [-0.2, -0.15) is 0 Å². The summed E-state index contributed by atoms with van der Waals surface area (Å²) in [5.74, 6) is 0.767. The molecule has 0 amide bonds. The summed E-state index contributed by atoms with van der Waals surface area (Å²) in [5.41, 5.74) is 4.54. The lowest BCUT2D eigenvalue weighted by Gasteiger charge is -2.19. The zero-order valence-corrected chi connectivity index (χ0v) is 9.36. The number of rotatable bonds is 0. The van der Waals surface area contributed by atoms with Crippen LogP contribution in [-0.2, 0) is 0 Å². The van der Waals surface area contributed by atoms with E-state index in [1.165, 1.54) is 17.6 Å². The fraction of sp³-hybridized carbons (Fsp3) is 0.667. The van der Waals surface area contributed by atoms with Gasteiger partial charge in [0.15, 0.2) is 0 Å². The average molecular weight is 166 g/mol. The molecule has 1 rings (SSSR count). The molecule has 0 fully saturated rings. The predicted molar refractivity (Wildman–Crippen MR) is 57.3 cm³/mol. The molecule has 1 aliphatic carbocycles. The zero-order chi connectivity index (χ0) is 9.72. The Balaban J connectivity index is 0.000000561. The SMILES string of the molecule is CC.CC1=CCC(C)C(C)=C1C. The van der Waals surface area contributed by atoms with Gasteiger partial charge in [-0.05, 0) is 38.7 Å². The van der Waals surface area contributed by atoms with Crippen molar-refractivity contribution >= 4 is 0 Å². The second-order valence-corrected chi connectivity index (χ2v) is 3.33. The van der Waals surface area contributed by atoms with E-state index in [-0.39, 0.29) is 0 Å². The van der Waals surface area contributed by atoms with E-state index in [1.54, 1.807) is 5.57 Å². The molecule has 0 saturated carbocycles. The van der Waals surface area contributed by atoms with Gasteiger partial charge < -0.3 is 0 Å². The van der Waals surface area contributed by atoms with Gasteiger partial charge in [-0.1, -0.05) is 38.0 Å². The first-order valence-electron chi connectivity index (χ1n) is 4.97. The third-order valence-corrected chi connectivity index (χ3v) is 2.70. The molecule has 70 valence electrons. The molecule has 1 atom stereocenters. The molecule has 0 saturated heterocycles. The summed E-state index contributed by atoms with van der Waals surface area (Å²) in [6.07, 6.45) is 3.57. The molecule has 0 aliphatic heterocycles. The van der Waals surface area contributed by atoms with E-state index in [2.05, 4.69) is 33.8 Å². The van der Waals surface area contributed by atoms with Gasteiger partial charge in [0, 0.05) is 0 Å². The molecule has 1 aliphatic rings. The van der Waals surface area contributed by atoms with Gasteiger partial charge in [0.2, 0.25) is 0 Å². The van der Waals surface area contributed by atoms with Crippen LogP contribution in [0.1, 0.15) is 48.0 Å². The molecule has 0 heteroatoms. The molecule has 0 bridgehead atoms. The Morgan fingerprint density at radius 1 is 1.17 bits per heavy atom. The summed E-state index contributed by atoms with van der Waals surface area (Å²) in [6.45, 7) is 13.0. The molecule has 0 aromatic heterocycles. The average Bonchev–Trinajstić information content (AvgIpc) is 2.12. The van der Waals surface area contributed by atoms with Crippen LogP contribution in [-0.4, -0.2) is 0 Å². The minimum absolute atomic E-state index is 0.767. The van der Waals surface area contributed by atoms with Crippen molar-refractivity contribution < 1.29 is 0 Å². The molecule has 0 nitrogen and oxygen atoms in total. The molecule has 0 N–H and O–H groups in total.